The molecule has 0 spiro atoms. The topological polar surface area (TPSA) is 50.4 Å². The largest absolute Gasteiger partial charge is 0.482 e. The van der Waals surface area contributed by atoms with E-state index in [1.54, 1.807) is 12.1 Å². The quantitative estimate of drug-likeness (QED) is 0.813. The molecule has 0 unspecified atom stereocenters. The highest BCUT2D eigenvalue weighted by Gasteiger charge is 2.21. The molecule has 1 aromatic rings. The van der Waals surface area contributed by atoms with Gasteiger partial charge in [0.1, 0.15) is 5.75 Å². The van der Waals surface area contributed by atoms with E-state index in [-0.39, 0.29) is 12.5 Å². The predicted molar refractivity (Wildman–Crippen MR) is 80.5 cm³/mol. The summed E-state index contributed by atoms with van der Waals surface area (Å²) in [6.07, 6.45) is 2.41. The summed E-state index contributed by atoms with van der Waals surface area (Å²) in [5.41, 5.74) is 0.833. The molecule has 0 bridgehead atoms. The number of benzene rings is 1. The number of carbonyl (C=O) groups is 1. The van der Waals surface area contributed by atoms with Gasteiger partial charge in [0.2, 0.25) is 0 Å². The van der Waals surface area contributed by atoms with E-state index < -0.39 is 0 Å². The van der Waals surface area contributed by atoms with Gasteiger partial charge >= 0.3 is 0 Å². The molecule has 0 aliphatic heterocycles. The van der Waals surface area contributed by atoms with Crippen LogP contribution in [0.3, 0.4) is 0 Å². The SMILES string of the molecule is CNCc1cc(Cl)cc(Cl)c1OCC(=O)NCC1CC1. The van der Waals surface area contributed by atoms with Gasteiger partial charge in [-0.3, -0.25) is 4.79 Å². The molecule has 110 valence electrons. The summed E-state index contributed by atoms with van der Waals surface area (Å²) >= 11 is 12.1. The van der Waals surface area contributed by atoms with Crippen LogP contribution in [0.15, 0.2) is 12.1 Å². The van der Waals surface area contributed by atoms with Crippen LogP contribution in [0.4, 0.5) is 0 Å². The van der Waals surface area contributed by atoms with Crippen LogP contribution in [0, 0.1) is 5.92 Å². The van der Waals surface area contributed by atoms with Crippen molar-refractivity contribution in [3.63, 3.8) is 0 Å². The highest BCUT2D eigenvalue weighted by molar-refractivity contribution is 6.35. The van der Waals surface area contributed by atoms with Crippen molar-refractivity contribution in [1.29, 1.82) is 0 Å². The van der Waals surface area contributed by atoms with Gasteiger partial charge in [-0.25, -0.2) is 0 Å². The third kappa shape index (κ3) is 4.54. The fraction of sp³-hybridized carbons (Fsp3) is 0.500. The van der Waals surface area contributed by atoms with Crippen LogP contribution in [0.2, 0.25) is 10.0 Å². The maximum Gasteiger partial charge on any atom is 0.257 e. The maximum atomic E-state index is 11.7. The first-order valence-electron chi connectivity index (χ1n) is 6.62. The van der Waals surface area contributed by atoms with E-state index in [1.807, 2.05) is 7.05 Å². The molecule has 1 fully saturated rings. The van der Waals surface area contributed by atoms with Gasteiger partial charge in [0.05, 0.1) is 5.02 Å². The first kappa shape index (κ1) is 15.4. The molecule has 1 aliphatic rings. The lowest BCUT2D eigenvalue weighted by molar-refractivity contribution is -0.123. The van der Waals surface area contributed by atoms with Crippen LogP contribution >= 0.6 is 23.2 Å². The van der Waals surface area contributed by atoms with E-state index in [2.05, 4.69) is 10.6 Å². The molecule has 2 N–H and O–H groups in total. The van der Waals surface area contributed by atoms with Gasteiger partial charge in [-0.05, 0) is 37.9 Å². The second-order valence-electron chi connectivity index (χ2n) is 4.94. The molecule has 1 amide bonds. The normalized spacial score (nSPS) is 14.2. The van der Waals surface area contributed by atoms with E-state index in [0.717, 1.165) is 12.1 Å². The number of hydrogen-bond donors (Lipinski definition) is 2. The summed E-state index contributed by atoms with van der Waals surface area (Å²) in [6.45, 7) is 1.27. The average molecular weight is 317 g/mol. The van der Waals surface area contributed by atoms with E-state index >= 15 is 0 Å². The maximum absolute atomic E-state index is 11.7. The van der Waals surface area contributed by atoms with Crippen molar-refractivity contribution in [3.8, 4) is 5.75 Å². The van der Waals surface area contributed by atoms with Crippen molar-refractivity contribution in [1.82, 2.24) is 10.6 Å². The third-order valence-corrected chi connectivity index (χ3v) is 3.58. The first-order chi connectivity index (χ1) is 9.60. The summed E-state index contributed by atoms with van der Waals surface area (Å²) in [5.74, 6) is 1.03. The zero-order valence-electron chi connectivity index (χ0n) is 11.3. The van der Waals surface area contributed by atoms with Crippen molar-refractivity contribution < 1.29 is 9.53 Å². The zero-order valence-corrected chi connectivity index (χ0v) is 12.9. The lowest BCUT2D eigenvalue weighted by Gasteiger charge is -2.13. The van der Waals surface area contributed by atoms with Gasteiger partial charge in [-0.1, -0.05) is 23.2 Å². The van der Waals surface area contributed by atoms with Gasteiger partial charge < -0.3 is 15.4 Å². The van der Waals surface area contributed by atoms with Gasteiger partial charge in [-0.15, -0.1) is 0 Å². The minimum Gasteiger partial charge on any atom is -0.482 e. The minimum atomic E-state index is -0.127. The molecule has 1 aliphatic carbocycles. The lowest BCUT2D eigenvalue weighted by atomic mass is 10.2. The second kappa shape index (κ2) is 7.16. The van der Waals surface area contributed by atoms with Gasteiger partial charge in [0, 0.05) is 23.7 Å². The van der Waals surface area contributed by atoms with Gasteiger partial charge in [0.15, 0.2) is 6.61 Å². The van der Waals surface area contributed by atoms with Gasteiger partial charge in [0.25, 0.3) is 5.91 Å². The molecular formula is C14H18Cl2N2O2. The number of hydrogen-bond acceptors (Lipinski definition) is 3. The summed E-state index contributed by atoms with van der Waals surface area (Å²) in [4.78, 5) is 11.7. The fourth-order valence-electron chi connectivity index (χ4n) is 1.87. The number of nitrogens with one attached hydrogen (secondary N) is 2. The van der Waals surface area contributed by atoms with Crippen molar-refractivity contribution in [3.05, 3.63) is 27.7 Å². The first-order valence-corrected chi connectivity index (χ1v) is 7.37. The number of rotatable bonds is 7. The van der Waals surface area contributed by atoms with E-state index in [0.29, 0.717) is 28.3 Å². The molecule has 0 heterocycles. The highest BCUT2D eigenvalue weighted by Crippen LogP contribution is 2.32. The van der Waals surface area contributed by atoms with Crippen molar-refractivity contribution >= 4 is 29.1 Å². The Hall–Kier alpha value is -0.970. The number of ether oxygens (including phenoxy) is 1. The summed E-state index contributed by atoms with van der Waals surface area (Å²) in [5, 5.41) is 6.83. The Labute approximate surface area is 128 Å². The Morgan fingerprint density at radius 1 is 1.40 bits per heavy atom. The molecule has 1 aromatic carbocycles. The molecule has 0 radical (unpaired) electrons. The smallest absolute Gasteiger partial charge is 0.257 e. The molecule has 2 rings (SSSR count). The predicted octanol–water partition coefficient (Wildman–Crippen LogP) is 2.62. The van der Waals surface area contributed by atoms with E-state index in [9.17, 15) is 4.79 Å². The lowest BCUT2D eigenvalue weighted by Crippen LogP contribution is -2.30. The highest BCUT2D eigenvalue weighted by atomic mass is 35.5. The molecular weight excluding hydrogens is 299 g/mol. The van der Waals surface area contributed by atoms with Crippen LogP contribution in [-0.2, 0) is 11.3 Å². The molecule has 4 nitrogen and oxygen atoms in total. The Morgan fingerprint density at radius 3 is 2.80 bits per heavy atom. The third-order valence-electron chi connectivity index (χ3n) is 3.08. The van der Waals surface area contributed by atoms with Crippen LogP contribution in [0.5, 0.6) is 5.75 Å². The van der Waals surface area contributed by atoms with E-state index in [4.69, 9.17) is 27.9 Å². The molecule has 0 saturated heterocycles. The van der Waals surface area contributed by atoms with Crippen molar-refractivity contribution in [2.45, 2.75) is 19.4 Å². The molecule has 1 saturated carbocycles. The average Bonchev–Trinajstić information content (AvgIpc) is 3.19. The van der Waals surface area contributed by atoms with Crippen LogP contribution in [0.25, 0.3) is 0 Å². The molecule has 0 atom stereocenters. The second-order valence-corrected chi connectivity index (χ2v) is 5.79. The summed E-state index contributed by atoms with van der Waals surface area (Å²) in [6, 6.07) is 3.39. The van der Waals surface area contributed by atoms with Crippen molar-refractivity contribution in [2.75, 3.05) is 20.2 Å². The zero-order chi connectivity index (χ0) is 14.5. The monoisotopic (exact) mass is 316 g/mol. The Bertz CT molecular complexity index is 490. The van der Waals surface area contributed by atoms with Crippen molar-refractivity contribution in [2.24, 2.45) is 5.92 Å². The van der Waals surface area contributed by atoms with Crippen LogP contribution in [-0.4, -0.2) is 26.1 Å². The number of amides is 1. The van der Waals surface area contributed by atoms with Gasteiger partial charge in [-0.2, -0.15) is 0 Å². The minimum absolute atomic E-state index is 0.0369. The Kier molecular flexibility index (Phi) is 5.52. The van der Waals surface area contributed by atoms with Crippen LogP contribution in [0.1, 0.15) is 18.4 Å². The Morgan fingerprint density at radius 2 is 2.15 bits per heavy atom. The van der Waals surface area contributed by atoms with Crippen LogP contribution < -0.4 is 15.4 Å². The molecule has 6 heteroatoms. The van der Waals surface area contributed by atoms with E-state index in [1.165, 1.54) is 12.8 Å². The summed E-state index contributed by atoms with van der Waals surface area (Å²) < 4.78 is 5.55. The fourth-order valence-corrected chi connectivity index (χ4v) is 2.46. The molecule has 0 aromatic heterocycles. The Balaban J connectivity index is 1.94. The molecule has 20 heavy (non-hydrogen) atoms. The summed E-state index contributed by atoms with van der Waals surface area (Å²) in [7, 11) is 1.82. The number of halogens is 2. The number of carbonyl (C=O) groups excluding carboxylic acids is 1. The standard InChI is InChI=1S/C14H18Cl2N2O2/c1-17-7-10-4-11(15)5-12(16)14(10)20-8-13(19)18-6-9-2-3-9/h4-5,9,17H,2-3,6-8H2,1H3,(H,18,19).